The summed E-state index contributed by atoms with van der Waals surface area (Å²) in [5.74, 6) is -1.22. The van der Waals surface area contributed by atoms with Crippen molar-refractivity contribution >= 4 is 34.0 Å². The highest BCUT2D eigenvalue weighted by molar-refractivity contribution is 6.54. The lowest BCUT2D eigenvalue weighted by atomic mass is 10.1. The van der Waals surface area contributed by atoms with Gasteiger partial charge in [-0.05, 0) is 30.7 Å². The van der Waals surface area contributed by atoms with Gasteiger partial charge in [0.2, 0.25) is 5.75 Å². The van der Waals surface area contributed by atoms with Gasteiger partial charge in [-0.1, -0.05) is 0 Å². The highest BCUT2D eigenvalue weighted by Crippen LogP contribution is 2.24. The van der Waals surface area contributed by atoms with Crippen LogP contribution in [0.4, 0.5) is 8.78 Å². The molecule has 0 atom stereocenters. The van der Waals surface area contributed by atoms with Crippen molar-refractivity contribution in [3.63, 3.8) is 0 Å². The Hall–Kier alpha value is -1.75. The topological polar surface area (TPSA) is 49.9 Å². The van der Waals surface area contributed by atoms with Gasteiger partial charge in [0, 0.05) is 17.1 Å². The highest BCUT2D eigenvalue weighted by Gasteiger charge is 2.14. The van der Waals surface area contributed by atoms with Crippen LogP contribution in [0, 0.1) is 11.6 Å². The number of Topliss-reactive ketones (excluding diaryl/α,β-unsaturated/α-hetero) is 1. The first-order valence-electron chi connectivity index (χ1n) is 4.52. The van der Waals surface area contributed by atoms with Crippen LogP contribution in [-0.2, 0) is 4.79 Å². The van der Waals surface area contributed by atoms with Crippen molar-refractivity contribution in [3.05, 3.63) is 35.5 Å². The molecular formula is C11H8ClF2NO2. The number of aromatic nitrogens is 1. The molecule has 0 bridgehead atoms. The first-order chi connectivity index (χ1) is 8.02. The van der Waals surface area contributed by atoms with Crippen molar-refractivity contribution in [1.82, 2.24) is 4.98 Å². The van der Waals surface area contributed by atoms with Gasteiger partial charge in [-0.25, -0.2) is 8.78 Å². The second-order valence-electron chi connectivity index (χ2n) is 3.13. The number of ketones is 1. The van der Waals surface area contributed by atoms with Crippen molar-refractivity contribution in [2.75, 3.05) is 0 Å². The highest BCUT2D eigenvalue weighted by atomic mass is 35.5. The van der Waals surface area contributed by atoms with E-state index in [-0.39, 0.29) is 28.0 Å². The minimum Gasteiger partial charge on any atom is -0.358 e. The molecule has 1 heterocycles. The number of hydrogen-bond acceptors (Lipinski definition) is 2. The van der Waals surface area contributed by atoms with Gasteiger partial charge in [-0.2, -0.15) is 0 Å². The molecule has 0 spiro atoms. The number of hydrogen-bond donors (Lipinski definition) is 1. The third-order valence-electron chi connectivity index (χ3n) is 2.11. The average Bonchev–Trinajstić information content (AvgIpc) is 2.70. The van der Waals surface area contributed by atoms with Gasteiger partial charge in [0.15, 0.2) is 5.78 Å². The number of nitrogens with one attached hydrogen (secondary N) is 1. The van der Waals surface area contributed by atoms with E-state index in [0.29, 0.717) is 0 Å². The zero-order chi connectivity index (χ0) is 13.0. The summed E-state index contributed by atoms with van der Waals surface area (Å²) in [5, 5.41) is 0.0255. The molecule has 0 radical (unpaired) electrons. The molecule has 0 fully saturated rings. The Bertz CT molecular complexity index is 566. The lowest BCUT2D eigenvalue weighted by Crippen LogP contribution is -1.91. The van der Waals surface area contributed by atoms with E-state index in [1.54, 1.807) is 0 Å². The summed E-state index contributed by atoms with van der Waals surface area (Å²) in [6.07, 6.45) is 1.32. The number of fused-ring (bicyclic) bond motifs is 1. The summed E-state index contributed by atoms with van der Waals surface area (Å²) >= 11 is 4.32. The van der Waals surface area contributed by atoms with Crippen LogP contribution in [0.25, 0.3) is 10.9 Å². The van der Waals surface area contributed by atoms with Crippen molar-refractivity contribution < 1.29 is 18.4 Å². The SMILES string of the molecule is CC(=O)c1c[nH]c2c(F)ccc(F)c12.O=CCl. The number of carbonyl (C=O) groups excluding carboxylic acids is 2. The van der Waals surface area contributed by atoms with Gasteiger partial charge < -0.3 is 4.98 Å². The summed E-state index contributed by atoms with van der Waals surface area (Å²) in [6, 6.07) is 2.04. The Morgan fingerprint density at radius 2 is 1.88 bits per heavy atom. The van der Waals surface area contributed by atoms with Crippen LogP contribution in [0.2, 0.25) is 0 Å². The van der Waals surface area contributed by atoms with Crippen LogP contribution in [0.1, 0.15) is 17.3 Å². The molecule has 0 unspecified atom stereocenters. The van der Waals surface area contributed by atoms with E-state index in [1.165, 1.54) is 13.1 Å². The smallest absolute Gasteiger partial charge is 0.208 e. The summed E-state index contributed by atoms with van der Waals surface area (Å²) in [4.78, 5) is 22.2. The normalized spacial score (nSPS) is 9.65. The number of H-pyrrole nitrogens is 1. The zero-order valence-electron chi connectivity index (χ0n) is 8.76. The molecule has 0 aliphatic rings. The predicted molar refractivity (Wildman–Crippen MR) is 60.8 cm³/mol. The Labute approximate surface area is 100 Å². The summed E-state index contributed by atoms with van der Waals surface area (Å²) in [5.41, 5.74) is 0.215. The number of carbonyl (C=O) groups is 2. The molecule has 0 aliphatic heterocycles. The van der Waals surface area contributed by atoms with Gasteiger partial charge >= 0.3 is 0 Å². The van der Waals surface area contributed by atoms with E-state index in [4.69, 9.17) is 4.79 Å². The van der Waals surface area contributed by atoms with Crippen LogP contribution >= 0.6 is 11.6 Å². The van der Waals surface area contributed by atoms with E-state index in [9.17, 15) is 13.6 Å². The van der Waals surface area contributed by atoms with E-state index < -0.39 is 11.6 Å². The monoisotopic (exact) mass is 259 g/mol. The molecule has 3 nitrogen and oxygen atoms in total. The zero-order valence-corrected chi connectivity index (χ0v) is 9.52. The fourth-order valence-corrected chi connectivity index (χ4v) is 1.45. The number of halogens is 3. The van der Waals surface area contributed by atoms with E-state index in [2.05, 4.69) is 16.6 Å². The molecule has 1 aromatic heterocycles. The molecule has 90 valence electrons. The summed E-state index contributed by atoms with van der Waals surface area (Å²) < 4.78 is 26.4. The van der Waals surface area contributed by atoms with Crippen LogP contribution < -0.4 is 0 Å². The lowest BCUT2D eigenvalue weighted by Gasteiger charge is -1.96. The minimum atomic E-state index is -0.590. The largest absolute Gasteiger partial charge is 0.358 e. The molecule has 0 aliphatic carbocycles. The standard InChI is InChI=1S/C10H7F2NO.CHClO/c1-5(14)6-4-13-10-8(12)3-2-7(11)9(6)10;2-1-3/h2-4,13H,1H3;1H. The Morgan fingerprint density at radius 3 is 2.41 bits per heavy atom. The van der Waals surface area contributed by atoms with Crippen LogP contribution in [0.15, 0.2) is 18.3 Å². The van der Waals surface area contributed by atoms with Gasteiger partial charge in [0.05, 0.1) is 5.52 Å². The fourth-order valence-electron chi connectivity index (χ4n) is 1.45. The summed E-state index contributed by atoms with van der Waals surface area (Å²) in [6.45, 7) is 1.31. The molecular weight excluding hydrogens is 252 g/mol. The third-order valence-corrected chi connectivity index (χ3v) is 2.11. The maximum absolute atomic E-state index is 13.3. The minimum absolute atomic E-state index is 0.0255. The van der Waals surface area contributed by atoms with Crippen LogP contribution in [0.5, 0.6) is 0 Å². The summed E-state index contributed by atoms with van der Waals surface area (Å²) in [7, 11) is 0. The Morgan fingerprint density at radius 1 is 1.35 bits per heavy atom. The molecule has 1 aromatic carbocycles. The van der Waals surface area contributed by atoms with Crippen molar-refractivity contribution in [3.8, 4) is 0 Å². The van der Waals surface area contributed by atoms with Crippen LogP contribution in [0.3, 0.4) is 0 Å². The maximum Gasteiger partial charge on any atom is 0.208 e. The van der Waals surface area contributed by atoms with Gasteiger partial charge in [0.1, 0.15) is 11.6 Å². The van der Waals surface area contributed by atoms with Crippen molar-refractivity contribution in [2.24, 2.45) is 0 Å². The third kappa shape index (κ3) is 2.68. The Kier molecular flexibility index (Phi) is 4.34. The van der Waals surface area contributed by atoms with E-state index in [0.717, 1.165) is 12.1 Å². The lowest BCUT2D eigenvalue weighted by molar-refractivity contribution is 0.101. The molecule has 6 heteroatoms. The van der Waals surface area contributed by atoms with Crippen molar-refractivity contribution in [2.45, 2.75) is 6.92 Å². The predicted octanol–water partition coefficient (Wildman–Crippen LogP) is 3.06. The molecule has 0 saturated heterocycles. The van der Waals surface area contributed by atoms with Crippen LogP contribution in [-0.4, -0.2) is 16.5 Å². The molecule has 2 aromatic rings. The van der Waals surface area contributed by atoms with Gasteiger partial charge in [-0.3, -0.25) is 9.59 Å². The quantitative estimate of drug-likeness (QED) is 0.486. The van der Waals surface area contributed by atoms with Gasteiger partial charge in [-0.15, -0.1) is 0 Å². The molecule has 0 amide bonds. The molecule has 17 heavy (non-hydrogen) atoms. The molecule has 0 saturated carbocycles. The molecule has 2 rings (SSSR count). The van der Waals surface area contributed by atoms with E-state index >= 15 is 0 Å². The second kappa shape index (κ2) is 5.54. The fraction of sp³-hybridized carbons (Fsp3) is 0.0909. The number of aromatic amines is 1. The average molecular weight is 260 g/mol. The first-order valence-corrected chi connectivity index (χ1v) is 4.96. The Balaban J connectivity index is 0.000000437. The maximum atomic E-state index is 13.3. The number of benzene rings is 1. The molecule has 1 N–H and O–H groups in total. The first kappa shape index (κ1) is 13.3. The van der Waals surface area contributed by atoms with Crippen molar-refractivity contribution in [1.29, 1.82) is 0 Å². The number of rotatable bonds is 1. The second-order valence-corrected chi connectivity index (χ2v) is 3.31. The van der Waals surface area contributed by atoms with E-state index in [1.807, 2.05) is 0 Å². The van der Waals surface area contributed by atoms with Gasteiger partial charge in [0.25, 0.3) is 0 Å².